The van der Waals surface area contributed by atoms with Gasteiger partial charge in [0.1, 0.15) is 12.4 Å². The number of carbonyl (C=O) groups is 1. The molecule has 0 fully saturated rings. The lowest BCUT2D eigenvalue weighted by molar-refractivity contribution is -0.143. The van der Waals surface area contributed by atoms with Crippen LogP contribution in [0.25, 0.3) is 0 Å². The van der Waals surface area contributed by atoms with Gasteiger partial charge in [-0.15, -0.1) is 5.10 Å². The Morgan fingerprint density at radius 1 is 1.30 bits per heavy atom. The maximum Gasteiger partial charge on any atom is 0.328 e. The highest BCUT2D eigenvalue weighted by atomic mass is 16.5. The minimum absolute atomic E-state index is 0.0846. The highest BCUT2D eigenvalue weighted by molar-refractivity contribution is 5.72. The van der Waals surface area contributed by atoms with Crippen molar-refractivity contribution < 1.29 is 14.6 Å². The molecule has 2 unspecified atom stereocenters. The van der Waals surface area contributed by atoms with Gasteiger partial charge in [0.25, 0.3) is 0 Å². The van der Waals surface area contributed by atoms with Crippen molar-refractivity contribution in [1.29, 1.82) is 0 Å². The number of benzene rings is 1. The molecule has 0 aliphatic rings. The number of ether oxygens (including phenoxy) is 1. The monoisotopic (exact) mass is 318 g/mol. The number of tetrazole rings is 1. The summed E-state index contributed by atoms with van der Waals surface area (Å²) < 4.78 is 7.02. The fraction of sp³-hybridized carbons (Fsp3) is 0.500. The van der Waals surface area contributed by atoms with E-state index in [0.29, 0.717) is 11.6 Å². The maximum atomic E-state index is 11.5. The molecule has 2 aromatic rings. The molecule has 1 aromatic heterocycles. The van der Waals surface area contributed by atoms with Gasteiger partial charge in [0.2, 0.25) is 0 Å². The quantitative estimate of drug-likeness (QED) is 0.804. The van der Waals surface area contributed by atoms with Gasteiger partial charge >= 0.3 is 5.97 Å². The van der Waals surface area contributed by atoms with Crippen molar-refractivity contribution in [3.63, 3.8) is 0 Å². The number of nitrogens with zero attached hydrogens (tertiary/aromatic N) is 4. The highest BCUT2D eigenvalue weighted by Crippen LogP contribution is 2.22. The number of aliphatic carboxylic acids is 1. The van der Waals surface area contributed by atoms with Crippen LogP contribution in [0.2, 0.25) is 0 Å². The highest BCUT2D eigenvalue weighted by Gasteiger charge is 2.29. The average molecular weight is 318 g/mol. The van der Waals surface area contributed by atoms with Crippen LogP contribution in [0, 0.1) is 5.92 Å². The summed E-state index contributed by atoms with van der Waals surface area (Å²) >= 11 is 0. The third-order valence-corrected chi connectivity index (χ3v) is 3.96. The van der Waals surface area contributed by atoms with Gasteiger partial charge in [-0.2, -0.15) is 0 Å². The van der Waals surface area contributed by atoms with Gasteiger partial charge in [0, 0.05) is 0 Å². The Hall–Kier alpha value is -2.44. The summed E-state index contributed by atoms with van der Waals surface area (Å²) in [6.45, 7) is 6.02. The first-order chi connectivity index (χ1) is 11.1. The van der Waals surface area contributed by atoms with Crippen molar-refractivity contribution in [2.24, 2.45) is 5.92 Å². The van der Waals surface area contributed by atoms with Crippen LogP contribution in [0.4, 0.5) is 0 Å². The SMILES string of the molecule is CCc1ccc(OCc2nnnn2C(C(=O)O)C(C)CC)cc1. The van der Waals surface area contributed by atoms with Gasteiger partial charge in [0.05, 0.1) is 0 Å². The molecule has 2 atom stereocenters. The lowest BCUT2D eigenvalue weighted by Crippen LogP contribution is -2.28. The normalized spacial score (nSPS) is 13.5. The zero-order valence-corrected chi connectivity index (χ0v) is 13.6. The van der Waals surface area contributed by atoms with Gasteiger partial charge in [-0.1, -0.05) is 39.3 Å². The second kappa shape index (κ2) is 7.71. The van der Waals surface area contributed by atoms with E-state index in [1.54, 1.807) is 0 Å². The lowest BCUT2D eigenvalue weighted by atomic mass is 9.99. The molecule has 0 bridgehead atoms. The first-order valence-corrected chi connectivity index (χ1v) is 7.78. The van der Waals surface area contributed by atoms with E-state index in [-0.39, 0.29) is 12.5 Å². The number of carboxylic acids is 1. The van der Waals surface area contributed by atoms with Crippen LogP contribution in [0.3, 0.4) is 0 Å². The summed E-state index contributed by atoms with van der Waals surface area (Å²) in [7, 11) is 0. The third kappa shape index (κ3) is 4.06. The van der Waals surface area contributed by atoms with Crippen LogP contribution in [-0.2, 0) is 17.8 Å². The maximum absolute atomic E-state index is 11.5. The molecule has 1 heterocycles. The van der Waals surface area contributed by atoms with Crippen molar-refractivity contribution in [1.82, 2.24) is 20.2 Å². The zero-order valence-electron chi connectivity index (χ0n) is 13.6. The van der Waals surface area contributed by atoms with E-state index in [0.717, 1.165) is 12.8 Å². The number of carboxylic acid groups (broad SMARTS) is 1. The Labute approximate surface area is 135 Å². The fourth-order valence-corrected chi connectivity index (χ4v) is 2.30. The van der Waals surface area contributed by atoms with Gasteiger partial charge < -0.3 is 9.84 Å². The topological polar surface area (TPSA) is 90.1 Å². The molecule has 0 spiro atoms. The summed E-state index contributed by atoms with van der Waals surface area (Å²) in [6, 6.07) is 6.97. The van der Waals surface area contributed by atoms with E-state index in [2.05, 4.69) is 22.4 Å². The molecule has 7 heteroatoms. The Balaban J connectivity index is 2.12. The largest absolute Gasteiger partial charge is 0.486 e. The summed E-state index contributed by atoms with van der Waals surface area (Å²) in [5.41, 5.74) is 1.23. The van der Waals surface area contributed by atoms with E-state index >= 15 is 0 Å². The van der Waals surface area contributed by atoms with Crippen molar-refractivity contribution in [3.8, 4) is 5.75 Å². The van der Waals surface area contributed by atoms with Crippen LogP contribution in [0.5, 0.6) is 5.75 Å². The van der Waals surface area contributed by atoms with Crippen LogP contribution >= 0.6 is 0 Å². The number of hydrogen-bond acceptors (Lipinski definition) is 5. The minimum Gasteiger partial charge on any atom is -0.486 e. The second-order valence-electron chi connectivity index (χ2n) is 5.49. The van der Waals surface area contributed by atoms with Gasteiger partial charge in [0.15, 0.2) is 11.9 Å². The molecule has 2 rings (SSSR count). The first-order valence-electron chi connectivity index (χ1n) is 7.78. The smallest absolute Gasteiger partial charge is 0.328 e. The van der Waals surface area contributed by atoms with Crippen LogP contribution in [0.15, 0.2) is 24.3 Å². The number of aromatic nitrogens is 4. The lowest BCUT2D eigenvalue weighted by Gasteiger charge is -2.19. The summed E-state index contributed by atoms with van der Waals surface area (Å²) in [5.74, 6) is 0.0724. The minimum atomic E-state index is -0.944. The number of rotatable bonds is 8. The predicted molar refractivity (Wildman–Crippen MR) is 84.1 cm³/mol. The zero-order chi connectivity index (χ0) is 16.8. The second-order valence-corrected chi connectivity index (χ2v) is 5.49. The molecule has 0 amide bonds. The van der Waals surface area contributed by atoms with Crippen LogP contribution in [0.1, 0.15) is 44.6 Å². The Kier molecular flexibility index (Phi) is 5.67. The molecule has 0 radical (unpaired) electrons. The molecule has 1 aromatic carbocycles. The Morgan fingerprint density at radius 2 is 2.00 bits per heavy atom. The number of hydrogen-bond donors (Lipinski definition) is 1. The van der Waals surface area contributed by atoms with Gasteiger partial charge in [-0.3, -0.25) is 0 Å². The Morgan fingerprint density at radius 3 is 2.57 bits per heavy atom. The molecule has 7 nitrogen and oxygen atoms in total. The summed E-state index contributed by atoms with van der Waals surface area (Å²) in [5, 5.41) is 20.8. The van der Waals surface area contributed by atoms with Crippen molar-refractivity contribution in [3.05, 3.63) is 35.7 Å². The van der Waals surface area contributed by atoms with Gasteiger partial charge in [-0.25, -0.2) is 9.48 Å². The third-order valence-electron chi connectivity index (χ3n) is 3.96. The Bertz CT molecular complexity index is 639. The van der Waals surface area contributed by atoms with E-state index in [9.17, 15) is 9.90 Å². The molecule has 124 valence electrons. The van der Waals surface area contributed by atoms with Gasteiger partial charge in [-0.05, 0) is 40.5 Å². The summed E-state index contributed by atoms with van der Waals surface area (Å²) in [6.07, 6.45) is 1.68. The van der Waals surface area contributed by atoms with Crippen molar-refractivity contribution in [2.45, 2.75) is 46.3 Å². The molecule has 0 saturated carbocycles. The molecular weight excluding hydrogens is 296 g/mol. The van der Waals surface area contributed by atoms with E-state index < -0.39 is 12.0 Å². The fourth-order valence-electron chi connectivity index (χ4n) is 2.30. The standard InChI is InChI=1S/C16H22N4O3/c1-4-11(3)15(16(21)22)20-14(17-18-19-20)10-23-13-8-6-12(5-2)7-9-13/h6-9,11,15H,4-5,10H2,1-3H3,(H,21,22). The molecule has 0 aliphatic heterocycles. The van der Waals surface area contributed by atoms with Crippen LogP contribution in [-0.4, -0.2) is 31.3 Å². The van der Waals surface area contributed by atoms with E-state index in [1.165, 1.54) is 10.2 Å². The first kappa shape index (κ1) is 16.9. The van der Waals surface area contributed by atoms with Crippen LogP contribution < -0.4 is 4.74 Å². The molecular formula is C16H22N4O3. The average Bonchev–Trinajstić information content (AvgIpc) is 3.01. The molecule has 23 heavy (non-hydrogen) atoms. The van der Waals surface area contributed by atoms with E-state index in [4.69, 9.17) is 4.74 Å². The molecule has 0 saturated heterocycles. The summed E-state index contributed by atoms with van der Waals surface area (Å²) in [4.78, 5) is 11.5. The predicted octanol–water partition coefficient (Wildman–Crippen LogP) is 2.49. The number of aryl methyl sites for hydroxylation is 1. The molecule has 1 N–H and O–H groups in total. The molecule has 0 aliphatic carbocycles. The van der Waals surface area contributed by atoms with Crippen molar-refractivity contribution in [2.75, 3.05) is 0 Å². The van der Waals surface area contributed by atoms with E-state index in [1.807, 2.05) is 38.1 Å². The van der Waals surface area contributed by atoms with Crippen molar-refractivity contribution >= 4 is 5.97 Å².